The Hall–Kier alpha value is -1.78. The van der Waals surface area contributed by atoms with Crippen LogP contribution in [0.1, 0.15) is 0 Å². The van der Waals surface area contributed by atoms with Gasteiger partial charge >= 0.3 is 0 Å². The van der Waals surface area contributed by atoms with Gasteiger partial charge in [0.05, 0.1) is 6.20 Å². The first-order chi connectivity index (χ1) is 5.38. The first-order valence-electron chi connectivity index (χ1n) is 3.07. The Labute approximate surface area is 61.6 Å². The zero-order valence-electron chi connectivity index (χ0n) is 5.57. The third kappa shape index (κ3) is 0.861. The van der Waals surface area contributed by atoms with Crippen molar-refractivity contribution in [3.63, 3.8) is 0 Å². The molecule has 0 bridgehead atoms. The van der Waals surface area contributed by atoms with E-state index in [2.05, 4.69) is 20.2 Å². The Bertz CT molecular complexity index is 432. The van der Waals surface area contributed by atoms with Crippen LogP contribution in [0.15, 0.2) is 18.6 Å². The predicted octanol–water partition coefficient (Wildman–Crippen LogP) is -0.168. The van der Waals surface area contributed by atoms with E-state index in [0.717, 1.165) is 0 Å². The van der Waals surface area contributed by atoms with Gasteiger partial charge in [-0.15, -0.1) is 0 Å². The third-order valence-electron chi connectivity index (χ3n) is 1.34. The fraction of sp³-hybridized carbons (Fsp3) is 0. The third-order valence-corrected chi connectivity index (χ3v) is 1.34. The molecule has 0 amide bonds. The maximum Gasteiger partial charge on any atom is 0.172 e. The van der Waals surface area contributed by atoms with Crippen LogP contribution in [0.25, 0.3) is 11.0 Å². The highest BCUT2D eigenvalue weighted by Crippen LogP contribution is 1.95. The van der Waals surface area contributed by atoms with Gasteiger partial charge in [-0.2, -0.15) is 5.10 Å². The zero-order chi connectivity index (χ0) is 7.68. The first kappa shape index (κ1) is 5.96. The van der Waals surface area contributed by atoms with Gasteiger partial charge in [0, 0.05) is 12.4 Å². The standard InChI is InChI=1S/C6H5N5/c7-6-5-4(3-10-11-5)8-1-2-9-6/h1-3,7H,(H,10,11). The Kier molecular flexibility index (Phi) is 1.15. The number of rotatable bonds is 0. The molecule has 2 aromatic heterocycles. The molecule has 54 valence electrons. The molecule has 0 atom stereocenters. The fourth-order valence-electron chi connectivity index (χ4n) is 0.838. The van der Waals surface area contributed by atoms with E-state index in [9.17, 15) is 0 Å². The molecule has 0 fully saturated rings. The lowest BCUT2D eigenvalue weighted by Crippen LogP contribution is -2.01. The number of hydrogen-bond donors (Lipinski definition) is 2. The molecule has 0 radical (unpaired) electrons. The lowest BCUT2D eigenvalue weighted by atomic mass is 10.5. The topological polar surface area (TPSA) is 78.3 Å². The van der Waals surface area contributed by atoms with Crippen molar-refractivity contribution >= 4 is 11.0 Å². The largest absolute Gasteiger partial charge is 0.281 e. The molecule has 0 spiro atoms. The maximum atomic E-state index is 7.38. The van der Waals surface area contributed by atoms with E-state index in [-0.39, 0.29) is 5.49 Å². The van der Waals surface area contributed by atoms with Crippen molar-refractivity contribution in [2.75, 3.05) is 0 Å². The lowest BCUT2D eigenvalue weighted by molar-refractivity contribution is 1.07. The molecule has 2 aromatic rings. The van der Waals surface area contributed by atoms with Gasteiger partial charge in [0.15, 0.2) is 5.49 Å². The van der Waals surface area contributed by atoms with E-state index >= 15 is 0 Å². The van der Waals surface area contributed by atoms with E-state index < -0.39 is 0 Å². The minimum absolute atomic E-state index is 0.162. The molecule has 0 aliphatic carbocycles. The van der Waals surface area contributed by atoms with E-state index in [1.165, 1.54) is 12.4 Å². The highest BCUT2D eigenvalue weighted by Gasteiger charge is 1.94. The first-order valence-corrected chi connectivity index (χ1v) is 3.07. The molecular formula is C6H5N5. The van der Waals surface area contributed by atoms with Crippen molar-refractivity contribution in [3.8, 4) is 0 Å². The summed E-state index contributed by atoms with van der Waals surface area (Å²) in [6, 6.07) is 0. The Balaban J connectivity index is 3.09. The minimum Gasteiger partial charge on any atom is -0.281 e. The molecule has 0 unspecified atom stereocenters. The Morgan fingerprint density at radius 3 is 3.00 bits per heavy atom. The Morgan fingerprint density at radius 1 is 1.27 bits per heavy atom. The second-order valence-electron chi connectivity index (χ2n) is 2.04. The van der Waals surface area contributed by atoms with Gasteiger partial charge in [-0.3, -0.25) is 15.5 Å². The number of aromatic amines is 1. The van der Waals surface area contributed by atoms with Crippen LogP contribution in [0.2, 0.25) is 0 Å². The predicted molar refractivity (Wildman–Crippen MR) is 37.5 cm³/mol. The summed E-state index contributed by atoms with van der Waals surface area (Å²) in [5, 5.41) is 13.8. The van der Waals surface area contributed by atoms with Crippen LogP contribution in [0.3, 0.4) is 0 Å². The van der Waals surface area contributed by atoms with Gasteiger partial charge < -0.3 is 0 Å². The quantitative estimate of drug-likeness (QED) is 0.543. The summed E-state index contributed by atoms with van der Waals surface area (Å²) in [6.07, 6.45) is 4.58. The number of aromatic nitrogens is 4. The van der Waals surface area contributed by atoms with Crippen LogP contribution in [0.4, 0.5) is 0 Å². The van der Waals surface area contributed by atoms with E-state index in [1.807, 2.05) is 0 Å². The second-order valence-corrected chi connectivity index (χ2v) is 2.04. The van der Waals surface area contributed by atoms with E-state index in [4.69, 9.17) is 5.41 Å². The van der Waals surface area contributed by atoms with Crippen LogP contribution in [0, 0.1) is 5.41 Å². The number of fused-ring (bicyclic) bond motifs is 1. The van der Waals surface area contributed by atoms with E-state index in [0.29, 0.717) is 11.0 Å². The second kappa shape index (κ2) is 2.12. The van der Waals surface area contributed by atoms with Gasteiger partial charge in [-0.1, -0.05) is 0 Å². The summed E-state index contributed by atoms with van der Waals surface area (Å²) in [6.45, 7) is 0. The highest BCUT2D eigenvalue weighted by atomic mass is 15.1. The molecule has 0 saturated heterocycles. The van der Waals surface area contributed by atoms with Crippen molar-refractivity contribution in [3.05, 3.63) is 24.1 Å². The molecule has 0 saturated carbocycles. The van der Waals surface area contributed by atoms with Gasteiger partial charge in [0.1, 0.15) is 11.0 Å². The average molecular weight is 147 g/mol. The molecule has 5 nitrogen and oxygen atoms in total. The fourth-order valence-corrected chi connectivity index (χ4v) is 0.838. The summed E-state index contributed by atoms with van der Waals surface area (Å²) >= 11 is 0. The minimum atomic E-state index is 0.162. The van der Waals surface area contributed by atoms with Crippen LogP contribution in [-0.4, -0.2) is 20.2 Å². The van der Waals surface area contributed by atoms with Crippen LogP contribution >= 0.6 is 0 Å². The Morgan fingerprint density at radius 2 is 2.09 bits per heavy atom. The van der Waals surface area contributed by atoms with Crippen molar-refractivity contribution in [1.82, 2.24) is 20.2 Å². The molecule has 2 N–H and O–H groups in total. The normalized spacial score (nSPS) is 10.2. The van der Waals surface area contributed by atoms with Crippen molar-refractivity contribution in [2.45, 2.75) is 0 Å². The summed E-state index contributed by atoms with van der Waals surface area (Å²) in [5.41, 5.74) is 1.39. The van der Waals surface area contributed by atoms with Crippen LogP contribution in [0.5, 0.6) is 0 Å². The summed E-state index contributed by atoms with van der Waals surface area (Å²) in [4.78, 5) is 7.76. The van der Waals surface area contributed by atoms with Gasteiger partial charge in [0.2, 0.25) is 0 Å². The van der Waals surface area contributed by atoms with Crippen molar-refractivity contribution in [2.24, 2.45) is 0 Å². The number of nitrogens with zero attached hydrogens (tertiary/aromatic N) is 3. The number of H-pyrrole nitrogens is 1. The van der Waals surface area contributed by atoms with Gasteiger partial charge in [0.25, 0.3) is 0 Å². The van der Waals surface area contributed by atoms with Gasteiger partial charge in [-0.25, -0.2) is 4.98 Å². The van der Waals surface area contributed by atoms with Crippen LogP contribution < -0.4 is 5.49 Å². The van der Waals surface area contributed by atoms with Crippen molar-refractivity contribution < 1.29 is 0 Å². The molecule has 5 heteroatoms. The highest BCUT2D eigenvalue weighted by molar-refractivity contribution is 5.70. The van der Waals surface area contributed by atoms with Crippen molar-refractivity contribution in [1.29, 1.82) is 5.41 Å². The molecule has 2 rings (SSSR count). The molecule has 0 aliphatic heterocycles. The number of hydrogen-bond acceptors (Lipinski definition) is 4. The number of nitrogens with one attached hydrogen (secondary N) is 2. The average Bonchev–Trinajstić information content (AvgIpc) is 2.40. The molecule has 0 aromatic carbocycles. The molecule has 2 heterocycles. The SMILES string of the molecule is N=c1nccnc2cn[nH]c12. The summed E-state index contributed by atoms with van der Waals surface area (Å²) < 4.78 is 0. The summed E-state index contributed by atoms with van der Waals surface area (Å²) in [7, 11) is 0. The molecule has 0 aliphatic rings. The van der Waals surface area contributed by atoms with Crippen LogP contribution in [-0.2, 0) is 0 Å². The maximum absolute atomic E-state index is 7.38. The molecular weight excluding hydrogens is 142 g/mol. The van der Waals surface area contributed by atoms with E-state index in [1.54, 1.807) is 6.20 Å². The zero-order valence-corrected chi connectivity index (χ0v) is 5.57. The lowest BCUT2D eigenvalue weighted by Gasteiger charge is -1.73. The monoisotopic (exact) mass is 147 g/mol. The van der Waals surface area contributed by atoms with Gasteiger partial charge in [-0.05, 0) is 0 Å². The smallest absolute Gasteiger partial charge is 0.172 e. The molecule has 11 heavy (non-hydrogen) atoms. The summed E-state index contributed by atoms with van der Waals surface area (Å²) in [5.74, 6) is 0.